The standard InChI is InChI=1S/C12H18N4O/c1-9(2)16-12(14-8-15-16)7-13-6-11-5-4-10(3)17-11/h4-5,8-9,13H,6-7H2,1-3H3. The van der Waals surface area contributed by atoms with Crippen LogP contribution in [0.5, 0.6) is 0 Å². The number of rotatable bonds is 5. The normalized spacial score (nSPS) is 11.3. The fraction of sp³-hybridized carbons (Fsp3) is 0.500. The summed E-state index contributed by atoms with van der Waals surface area (Å²) in [4.78, 5) is 4.23. The molecular formula is C12H18N4O. The summed E-state index contributed by atoms with van der Waals surface area (Å²) in [6.45, 7) is 7.53. The number of nitrogens with zero attached hydrogens (tertiary/aromatic N) is 3. The van der Waals surface area contributed by atoms with Crippen molar-refractivity contribution in [2.24, 2.45) is 0 Å². The molecule has 0 aliphatic heterocycles. The average molecular weight is 234 g/mol. The average Bonchev–Trinajstić information content (AvgIpc) is 2.87. The molecule has 2 aromatic heterocycles. The van der Waals surface area contributed by atoms with Crippen LogP contribution < -0.4 is 5.32 Å². The summed E-state index contributed by atoms with van der Waals surface area (Å²) in [5, 5.41) is 7.48. The number of aromatic nitrogens is 3. The predicted molar refractivity (Wildman–Crippen MR) is 64.4 cm³/mol. The SMILES string of the molecule is Cc1ccc(CNCc2ncnn2C(C)C)o1. The van der Waals surface area contributed by atoms with Gasteiger partial charge in [0, 0.05) is 6.04 Å². The van der Waals surface area contributed by atoms with Gasteiger partial charge in [-0.25, -0.2) is 9.67 Å². The van der Waals surface area contributed by atoms with E-state index >= 15 is 0 Å². The number of furan rings is 1. The van der Waals surface area contributed by atoms with E-state index in [-0.39, 0.29) is 0 Å². The maximum atomic E-state index is 5.48. The molecule has 0 bridgehead atoms. The Morgan fingerprint density at radius 2 is 2.18 bits per heavy atom. The van der Waals surface area contributed by atoms with Crippen LogP contribution in [0.4, 0.5) is 0 Å². The van der Waals surface area contributed by atoms with Gasteiger partial charge in [-0.1, -0.05) is 0 Å². The van der Waals surface area contributed by atoms with Crippen LogP contribution in [-0.4, -0.2) is 14.8 Å². The van der Waals surface area contributed by atoms with Gasteiger partial charge in [0.1, 0.15) is 23.7 Å². The molecule has 2 heterocycles. The number of hydrogen-bond donors (Lipinski definition) is 1. The zero-order valence-electron chi connectivity index (χ0n) is 10.5. The molecule has 0 spiro atoms. The molecule has 0 aliphatic carbocycles. The minimum Gasteiger partial charge on any atom is -0.465 e. The Hall–Kier alpha value is -1.62. The van der Waals surface area contributed by atoms with Crippen LogP contribution in [-0.2, 0) is 13.1 Å². The van der Waals surface area contributed by atoms with Gasteiger partial charge >= 0.3 is 0 Å². The van der Waals surface area contributed by atoms with Gasteiger partial charge in [0.15, 0.2) is 0 Å². The second-order valence-electron chi connectivity index (χ2n) is 4.33. The lowest BCUT2D eigenvalue weighted by Crippen LogP contribution is -2.18. The Balaban J connectivity index is 1.88. The van der Waals surface area contributed by atoms with Gasteiger partial charge in [-0.3, -0.25) is 0 Å². The first-order valence-electron chi connectivity index (χ1n) is 5.81. The highest BCUT2D eigenvalue weighted by atomic mass is 16.3. The first kappa shape index (κ1) is 11.9. The number of aryl methyl sites for hydroxylation is 1. The van der Waals surface area contributed by atoms with Crippen LogP contribution in [0.1, 0.15) is 37.2 Å². The van der Waals surface area contributed by atoms with Crippen molar-refractivity contribution in [2.45, 2.75) is 39.9 Å². The molecule has 0 unspecified atom stereocenters. The molecule has 5 nitrogen and oxygen atoms in total. The van der Waals surface area contributed by atoms with Gasteiger partial charge in [0.05, 0.1) is 13.1 Å². The topological polar surface area (TPSA) is 55.9 Å². The lowest BCUT2D eigenvalue weighted by Gasteiger charge is -2.09. The highest BCUT2D eigenvalue weighted by Gasteiger charge is 2.07. The molecule has 0 fully saturated rings. The quantitative estimate of drug-likeness (QED) is 0.860. The molecule has 1 N–H and O–H groups in total. The van der Waals surface area contributed by atoms with Crippen LogP contribution >= 0.6 is 0 Å². The van der Waals surface area contributed by atoms with E-state index in [2.05, 4.69) is 29.2 Å². The van der Waals surface area contributed by atoms with Crippen LogP contribution in [0.3, 0.4) is 0 Å². The largest absolute Gasteiger partial charge is 0.465 e. The van der Waals surface area contributed by atoms with Gasteiger partial charge in [0.2, 0.25) is 0 Å². The third-order valence-electron chi connectivity index (χ3n) is 2.51. The third-order valence-corrected chi connectivity index (χ3v) is 2.51. The Morgan fingerprint density at radius 1 is 1.35 bits per heavy atom. The van der Waals surface area contributed by atoms with Crippen molar-refractivity contribution in [1.82, 2.24) is 20.1 Å². The van der Waals surface area contributed by atoms with Crippen molar-refractivity contribution in [3.05, 3.63) is 35.8 Å². The zero-order valence-corrected chi connectivity index (χ0v) is 10.5. The number of hydrogen-bond acceptors (Lipinski definition) is 4. The first-order valence-corrected chi connectivity index (χ1v) is 5.81. The molecule has 5 heteroatoms. The molecule has 0 aliphatic rings. The summed E-state index contributed by atoms with van der Waals surface area (Å²) < 4.78 is 7.39. The second-order valence-corrected chi connectivity index (χ2v) is 4.33. The van der Waals surface area contributed by atoms with Crippen LogP contribution in [0.15, 0.2) is 22.9 Å². The van der Waals surface area contributed by atoms with Crippen LogP contribution in [0, 0.1) is 6.92 Å². The van der Waals surface area contributed by atoms with E-state index in [1.807, 2.05) is 23.7 Å². The summed E-state index contributed by atoms with van der Waals surface area (Å²) in [5.74, 6) is 2.83. The van der Waals surface area contributed by atoms with E-state index in [0.29, 0.717) is 19.1 Å². The Kier molecular flexibility index (Phi) is 3.58. The summed E-state index contributed by atoms with van der Waals surface area (Å²) in [6, 6.07) is 4.28. The Morgan fingerprint density at radius 3 is 2.82 bits per heavy atom. The summed E-state index contributed by atoms with van der Waals surface area (Å²) >= 11 is 0. The van der Waals surface area contributed by atoms with E-state index < -0.39 is 0 Å². The molecule has 0 amide bonds. The molecule has 92 valence electrons. The molecule has 0 saturated carbocycles. The molecule has 0 atom stereocenters. The van der Waals surface area contributed by atoms with Crippen molar-refractivity contribution in [2.75, 3.05) is 0 Å². The van der Waals surface area contributed by atoms with Gasteiger partial charge in [-0.15, -0.1) is 0 Å². The minimum absolute atomic E-state index is 0.333. The van der Waals surface area contributed by atoms with Crippen molar-refractivity contribution in [3.63, 3.8) is 0 Å². The van der Waals surface area contributed by atoms with E-state index in [9.17, 15) is 0 Å². The van der Waals surface area contributed by atoms with Gasteiger partial charge in [0.25, 0.3) is 0 Å². The molecule has 2 rings (SSSR count). The van der Waals surface area contributed by atoms with E-state index in [4.69, 9.17) is 4.42 Å². The first-order chi connectivity index (χ1) is 8.16. The van der Waals surface area contributed by atoms with Crippen molar-refractivity contribution in [3.8, 4) is 0 Å². The van der Waals surface area contributed by atoms with Gasteiger partial charge in [-0.2, -0.15) is 5.10 Å². The van der Waals surface area contributed by atoms with Crippen molar-refractivity contribution in [1.29, 1.82) is 0 Å². The van der Waals surface area contributed by atoms with Crippen LogP contribution in [0.2, 0.25) is 0 Å². The smallest absolute Gasteiger partial charge is 0.141 e. The molecule has 0 radical (unpaired) electrons. The Labute approximate surface area is 101 Å². The summed E-state index contributed by atoms with van der Waals surface area (Å²) in [7, 11) is 0. The zero-order chi connectivity index (χ0) is 12.3. The monoisotopic (exact) mass is 234 g/mol. The molecule has 0 aromatic carbocycles. The molecule has 17 heavy (non-hydrogen) atoms. The summed E-state index contributed by atoms with van der Waals surface area (Å²) in [6.07, 6.45) is 1.59. The highest BCUT2D eigenvalue weighted by molar-refractivity contribution is 5.05. The second kappa shape index (κ2) is 5.14. The van der Waals surface area contributed by atoms with Crippen LogP contribution in [0.25, 0.3) is 0 Å². The molecule has 2 aromatic rings. The number of nitrogens with one attached hydrogen (secondary N) is 1. The fourth-order valence-electron chi connectivity index (χ4n) is 1.71. The van der Waals surface area contributed by atoms with Crippen molar-refractivity contribution < 1.29 is 4.42 Å². The van der Waals surface area contributed by atoms with E-state index in [1.165, 1.54) is 0 Å². The van der Waals surface area contributed by atoms with E-state index in [0.717, 1.165) is 17.3 Å². The fourth-order valence-corrected chi connectivity index (χ4v) is 1.71. The van der Waals surface area contributed by atoms with Gasteiger partial charge < -0.3 is 9.73 Å². The highest BCUT2D eigenvalue weighted by Crippen LogP contribution is 2.07. The van der Waals surface area contributed by atoms with Gasteiger partial charge in [-0.05, 0) is 32.9 Å². The predicted octanol–water partition coefficient (Wildman–Crippen LogP) is 2.05. The Bertz CT molecular complexity index is 472. The lowest BCUT2D eigenvalue weighted by atomic mass is 10.4. The maximum absolute atomic E-state index is 5.48. The minimum atomic E-state index is 0.333. The third kappa shape index (κ3) is 2.94. The molecule has 0 saturated heterocycles. The lowest BCUT2D eigenvalue weighted by molar-refractivity contribution is 0.448. The van der Waals surface area contributed by atoms with E-state index in [1.54, 1.807) is 6.33 Å². The molecular weight excluding hydrogens is 216 g/mol. The van der Waals surface area contributed by atoms with Crippen molar-refractivity contribution >= 4 is 0 Å². The summed E-state index contributed by atoms with van der Waals surface area (Å²) in [5.41, 5.74) is 0. The maximum Gasteiger partial charge on any atom is 0.141 e.